The fourth-order valence-electron chi connectivity index (χ4n) is 5.20. The van der Waals surface area contributed by atoms with Gasteiger partial charge in [0.05, 0.1) is 9.79 Å². The smallest absolute Gasteiger partial charge is 0.207 e. The zero-order valence-electron chi connectivity index (χ0n) is 26.2. The Hall–Kier alpha value is -0.800. The normalized spacial score (nSPS) is 21.6. The van der Waals surface area contributed by atoms with Gasteiger partial charge in [0.1, 0.15) is 0 Å². The molecule has 2 aromatic rings. The summed E-state index contributed by atoms with van der Waals surface area (Å²) in [6, 6.07) is 14.3. The summed E-state index contributed by atoms with van der Waals surface area (Å²) in [4.78, 5) is 0.723. The van der Waals surface area contributed by atoms with E-state index in [0.717, 1.165) is 95.3 Å². The Morgan fingerprint density at radius 2 is 0.818 bits per heavy atom. The zero-order chi connectivity index (χ0) is 32.0. The molecule has 1 aliphatic rings. The molecule has 10 heteroatoms. The quantitative estimate of drug-likeness (QED) is 0.288. The Labute approximate surface area is 294 Å². The topological polar surface area (TPSA) is 74.8 Å². The Morgan fingerprint density at radius 3 is 1.18 bits per heavy atom. The highest BCUT2D eigenvalue weighted by Crippen LogP contribution is 2.24. The number of halogens is 2. The van der Waals surface area contributed by atoms with Crippen molar-refractivity contribution < 1.29 is 16.8 Å². The predicted octanol–water partition coefficient (Wildman–Crippen LogP) is 9.32. The molecule has 0 radical (unpaired) electrons. The number of aryl methyl sites for hydroxylation is 2. The molecule has 6 nitrogen and oxygen atoms in total. The number of nitrogens with zero attached hydrogens (tertiary/aromatic N) is 2. The molecule has 1 aliphatic heterocycles. The van der Waals surface area contributed by atoms with Crippen molar-refractivity contribution in [1.29, 1.82) is 0 Å². The van der Waals surface area contributed by atoms with Gasteiger partial charge in [-0.05, 0) is 122 Å². The van der Waals surface area contributed by atoms with E-state index in [9.17, 15) is 16.8 Å². The van der Waals surface area contributed by atoms with Gasteiger partial charge in [0.2, 0.25) is 20.0 Å². The maximum Gasteiger partial charge on any atom is 0.243 e. The summed E-state index contributed by atoms with van der Waals surface area (Å²) in [5, 5.41) is 0. The van der Waals surface area contributed by atoms with Crippen LogP contribution in [0.5, 0.6) is 0 Å². The van der Waals surface area contributed by atoms with Gasteiger partial charge in [-0.15, -0.1) is 0 Å². The second kappa shape index (κ2) is 19.1. The third-order valence-corrected chi connectivity index (χ3v) is 13.2. The third kappa shape index (κ3) is 12.4. The molecule has 0 aliphatic carbocycles. The summed E-state index contributed by atoms with van der Waals surface area (Å²) >= 11 is 4.59. The van der Waals surface area contributed by atoms with Crippen molar-refractivity contribution in [3.05, 3.63) is 79.0 Å². The van der Waals surface area contributed by atoms with Gasteiger partial charge < -0.3 is 0 Å². The van der Waals surface area contributed by atoms with Crippen LogP contribution in [0.15, 0.2) is 77.6 Å². The third-order valence-electron chi connectivity index (χ3n) is 7.93. The molecule has 0 unspecified atom stereocenters. The molecule has 0 atom stereocenters. The minimum Gasteiger partial charge on any atom is -0.207 e. The van der Waals surface area contributed by atoms with E-state index in [4.69, 9.17) is 0 Å². The van der Waals surface area contributed by atoms with E-state index in [1.165, 1.54) is 0 Å². The van der Waals surface area contributed by atoms with Crippen molar-refractivity contribution in [2.24, 2.45) is 0 Å². The molecular weight excluding hydrogens is 818 g/mol. The largest absolute Gasteiger partial charge is 0.243 e. The van der Waals surface area contributed by atoms with Crippen molar-refractivity contribution >= 4 is 65.2 Å². The average Bonchev–Trinajstić information content (AvgIpc) is 2.98. The lowest BCUT2D eigenvalue weighted by Gasteiger charge is -2.23. The predicted molar refractivity (Wildman–Crippen MR) is 199 cm³/mol. The molecule has 0 aromatic heterocycles. The van der Waals surface area contributed by atoms with Gasteiger partial charge >= 0.3 is 0 Å². The van der Waals surface area contributed by atoms with Gasteiger partial charge in [-0.3, -0.25) is 0 Å². The SMILES string of the molecule is Cc1ccc(S(=O)(=O)N2CCCCCCC/C=C(\I)CN(S(=O)(=O)c3ccc(C)cc3)CCCCCCC/C=C(\I)C2)cc1. The second-order valence-electron chi connectivity index (χ2n) is 11.7. The molecule has 0 saturated carbocycles. The van der Waals surface area contributed by atoms with Gasteiger partial charge in [-0.25, -0.2) is 16.8 Å². The highest BCUT2D eigenvalue weighted by Gasteiger charge is 2.26. The average molecular weight is 867 g/mol. The van der Waals surface area contributed by atoms with E-state index < -0.39 is 20.0 Å². The first-order valence-corrected chi connectivity index (χ1v) is 20.9. The Bertz CT molecular complexity index is 1330. The molecule has 44 heavy (non-hydrogen) atoms. The first kappa shape index (κ1) is 37.7. The van der Waals surface area contributed by atoms with Crippen LogP contribution in [0.1, 0.15) is 88.2 Å². The molecule has 244 valence electrons. The summed E-state index contributed by atoms with van der Waals surface area (Å²) in [5.74, 6) is 0. The minimum absolute atomic E-state index is 0.361. The Kier molecular flexibility index (Phi) is 16.4. The van der Waals surface area contributed by atoms with E-state index in [-0.39, 0.29) is 0 Å². The van der Waals surface area contributed by atoms with E-state index >= 15 is 0 Å². The lowest BCUT2D eigenvalue weighted by atomic mass is 10.1. The van der Waals surface area contributed by atoms with Crippen LogP contribution in [0.3, 0.4) is 0 Å². The van der Waals surface area contributed by atoms with Gasteiger partial charge in [-0.1, -0.05) is 86.1 Å². The van der Waals surface area contributed by atoms with Gasteiger partial charge in [0.25, 0.3) is 0 Å². The fourth-order valence-corrected chi connectivity index (χ4v) is 10.0. The maximum absolute atomic E-state index is 13.6. The number of benzene rings is 2. The maximum atomic E-state index is 13.6. The standard InChI is InChI=1S/C34H48I2N2O4S2/c1-29-17-21-33(22-18-29)43(39,40)37-25-13-9-5-3-8-12-16-32(36)28-38(44(41,42)34-23-19-30(2)20-24-34)26-14-10-6-4-7-11-15-31(35)27-37/h15-24H,3-14,25-28H2,1-2H3/b31-15-,32-16-. The van der Waals surface area contributed by atoms with Crippen LogP contribution < -0.4 is 0 Å². The van der Waals surface area contributed by atoms with Crippen molar-refractivity contribution in [3.8, 4) is 0 Å². The number of allylic oxidation sites excluding steroid dienone is 2. The highest BCUT2D eigenvalue weighted by atomic mass is 127. The van der Waals surface area contributed by atoms with Crippen LogP contribution in [0.2, 0.25) is 0 Å². The van der Waals surface area contributed by atoms with Crippen molar-refractivity contribution in [2.45, 2.75) is 101 Å². The molecule has 0 saturated heterocycles. The first-order valence-electron chi connectivity index (χ1n) is 15.8. The van der Waals surface area contributed by atoms with Gasteiger partial charge in [-0.2, -0.15) is 8.61 Å². The molecule has 0 amide bonds. The minimum atomic E-state index is -3.57. The second-order valence-corrected chi connectivity index (χ2v) is 18.4. The molecule has 0 bridgehead atoms. The lowest BCUT2D eigenvalue weighted by molar-refractivity contribution is 0.420. The summed E-state index contributed by atoms with van der Waals surface area (Å²) in [5.41, 5.74) is 2.09. The Morgan fingerprint density at radius 1 is 0.500 bits per heavy atom. The molecule has 0 N–H and O–H groups in total. The number of hydrogen-bond donors (Lipinski definition) is 0. The van der Waals surface area contributed by atoms with Crippen LogP contribution in [-0.4, -0.2) is 51.6 Å². The van der Waals surface area contributed by atoms with Crippen LogP contribution in [0.25, 0.3) is 0 Å². The Balaban J connectivity index is 1.67. The number of hydrogen-bond acceptors (Lipinski definition) is 4. The summed E-state index contributed by atoms with van der Waals surface area (Å²) in [6.07, 6.45) is 16.1. The summed E-state index contributed by atoms with van der Waals surface area (Å²) < 4.78 is 59.6. The molecular formula is C34H48I2N2O4S2. The van der Waals surface area contributed by atoms with Crippen LogP contribution in [-0.2, 0) is 20.0 Å². The van der Waals surface area contributed by atoms with Crippen molar-refractivity contribution in [1.82, 2.24) is 8.61 Å². The van der Waals surface area contributed by atoms with E-state index in [2.05, 4.69) is 57.3 Å². The van der Waals surface area contributed by atoms with Gasteiger partial charge in [0, 0.05) is 33.3 Å². The molecule has 0 spiro atoms. The molecule has 1 heterocycles. The van der Waals surface area contributed by atoms with Crippen LogP contribution in [0, 0.1) is 13.8 Å². The van der Waals surface area contributed by atoms with Gasteiger partial charge in [0.15, 0.2) is 0 Å². The molecule has 0 fully saturated rings. The zero-order valence-corrected chi connectivity index (χ0v) is 32.1. The monoisotopic (exact) mass is 866 g/mol. The van der Waals surface area contributed by atoms with E-state index in [1.54, 1.807) is 32.9 Å². The fraction of sp³-hybridized carbons (Fsp3) is 0.529. The summed E-state index contributed by atoms with van der Waals surface area (Å²) in [7, 11) is -7.13. The van der Waals surface area contributed by atoms with E-state index in [0.29, 0.717) is 36.0 Å². The number of sulfonamides is 2. The molecule has 2 aromatic carbocycles. The van der Waals surface area contributed by atoms with E-state index in [1.807, 2.05) is 38.1 Å². The summed E-state index contributed by atoms with van der Waals surface area (Å²) in [6.45, 7) is 5.78. The lowest BCUT2D eigenvalue weighted by Crippen LogP contribution is -2.33. The van der Waals surface area contributed by atoms with Crippen LogP contribution >= 0.6 is 45.2 Å². The molecule has 3 rings (SSSR count). The first-order chi connectivity index (χ1) is 21.0. The number of rotatable bonds is 4. The van der Waals surface area contributed by atoms with Crippen LogP contribution in [0.4, 0.5) is 0 Å². The van der Waals surface area contributed by atoms with Crippen molar-refractivity contribution in [3.63, 3.8) is 0 Å². The van der Waals surface area contributed by atoms with Crippen molar-refractivity contribution in [2.75, 3.05) is 26.2 Å². The highest BCUT2D eigenvalue weighted by molar-refractivity contribution is 14.1.